The molecule has 5 nitrogen and oxygen atoms in total. The van der Waals surface area contributed by atoms with E-state index in [4.69, 9.17) is 0 Å². The van der Waals surface area contributed by atoms with Crippen molar-refractivity contribution in [2.75, 3.05) is 13.6 Å². The normalized spacial score (nSPS) is 13.9. The van der Waals surface area contributed by atoms with Crippen LogP contribution in [0.25, 0.3) is 0 Å². The van der Waals surface area contributed by atoms with Crippen molar-refractivity contribution in [2.24, 2.45) is 0 Å². The minimum absolute atomic E-state index is 0.234. The number of benzene rings is 1. The largest absolute Gasteiger partial charge is 0.358 e. The van der Waals surface area contributed by atoms with Crippen LogP contribution in [0.15, 0.2) is 18.2 Å². The molecule has 0 atom stereocenters. The van der Waals surface area contributed by atoms with Gasteiger partial charge in [-0.2, -0.15) is 0 Å². The summed E-state index contributed by atoms with van der Waals surface area (Å²) in [6.45, 7) is 1.61. The van der Waals surface area contributed by atoms with E-state index in [-0.39, 0.29) is 12.5 Å². The summed E-state index contributed by atoms with van der Waals surface area (Å²) in [6, 6.07) is 5.06. The van der Waals surface area contributed by atoms with Crippen LogP contribution < -0.4 is 5.32 Å². The fourth-order valence-electron chi connectivity index (χ4n) is 1.77. The van der Waals surface area contributed by atoms with Gasteiger partial charge < -0.3 is 5.32 Å². The van der Waals surface area contributed by atoms with Crippen molar-refractivity contribution in [3.63, 3.8) is 0 Å². The first-order valence-corrected chi connectivity index (χ1v) is 5.22. The SMILES string of the molecule is CNC(=O)CN1C(=O)c2ccc(C)cc2C1=O. The lowest BCUT2D eigenvalue weighted by molar-refractivity contribution is -0.120. The minimum Gasteiger partial charge on any atom is -0.358 e. The van der Waals surface area contributed by atoms with Crippen LogP contribution in [-0.2, 0) is 4.79 Å². The van der Waals surface area contributed by atoms with Gasteiger partial charge in [0.1, 0.15) is 6.54 Å². The smallest absolute Gasteiger partial charge is 0.262 e. The minimum atomic E-state index is -0.409. The third kappa shape index (κ3) is 1.80. The summed E-state index contributed by atoms with van der Waals surface area (Å²) in [7, 11) is 1.46. The Balaban J connectivity index is 2.35. The van der Waals surface area contributed by atoms with Crippen LogP contribution in [0.2, 0.25) is 0 Å². The number of aryl methyl sites for hydroxylation is 1. The van der Waals surface area contributed by atoms with Gasteiger partial charge in [0.25, 0.3) is 11.8 Å². The first-order chi connectivity index (χ1) is 8.04. The van der Waals surface area contributed by atoms with E-state index in [1.165, 1.54) is 7.05 Å². The van der Waals surface area contributed by atoms with Gasteiger partial charge in [0.05, 0.1) is 11.1 Å². The van der Waals surface area contributed by atoms with Gasteiger partial charge in [0.2, 0.25) is 5.91 Å². The molecule has 0 radical (unpaired) electrons. The maximum atomic E-state index is 11.9. The first kappa shape index (κ1) is 11.3. The molecule has 1 N–H and O–H groups in total. The Morgan fingerprint density at radius 3 is 2.53 bits per heavy atom. The summed E-state index contributed by atoms with van der Waals surface area (Å²) in [4.78, 5) is 36.0. The van der Waals surface area contributed by atoms with Crippen molar-refractivity contribution < 1.29 is 14.4 Å². The van der Waals surface area contributed by atoms with Gasteiger partial charge in [-0.15, -0.1) is 0 Å². The Kier molecular flexibility index (Phi) is 2.67. The number of likely N-dealkylation sites (N-methyl/N-ethyl adjacent to an activating group) is 1. The molecule has 0 aliphatic carbocycles. The van der Waals surface area contributed by atoms with Gasteiger partial charge in [-0.1, -0.05) is 11.6 Å². The predicted molar refractivity (Wildman–Crippen MR) is 60.6 cm³/mol. The molecular weight excluding hydrogens is 220 g/mol. The number of carbonyl (C=O) groups is 3. The van der Waals surface area contributed by atoms with Crippen molar-refractivity contribution in [1.82, 2.24) is 10.2 Å². The lowest BCUT2D eigenvalue weighted by Crippen LogP contribution is -2.39. The quantitative estimate of drug-likeness (QED) is 0.747. The second-order valence-electron chi connectivity index (χ2n) is 3.92. The summed E-state index contributed by atoms with van der Waals surface area (Å²) < 4.78 is 0. The number of nitrogens with zero attached hydrogens (tertiary/aromatic N) is 1. The number of amides is 3. The highest BCUT2D eigenvalue weighted by atomic mass is 16.2. The Morgan fingerprint density at radius 2 is 1.88 bits per heavy atom. The first-order valence-electron chi connectivity index (χ1n) is 5.22. The Morgan fingerprint density at radius 1 is 1.24 bits per heavy atom. The summed E-state index contributed by atoms with van der Waals surface area (Å²) in [6.07, 6.45) is 0. The van der Waals surface area contributed by atoms with Crippen molar-refractivity contribution in [3.05, 3.63) is 34.9 Å². The van der Waals surface area contributed by atoms with Gasteiger partial charge in [-0.05, 0) is 19.1 Å². The zero-order valence-electron chi connectivity index (χ0n) is 9.61. The zero-order chi connectivity index (χ0) is 12.6. The number of imide groups is 1. The summed E-state index contributed by atoms with van der Waals surface area (Å²) in [5.74, 6) is -1.18. The highest BCUT2D eigenvalue weighted by Crippen LogP contribution is 2.23. The average molecular weight is 232 g/mol. The molecule has 0 bridgehead atoms. The van der Waals surface area contributed by atoms with Gasteiger partial charge in [-0.3, -0.25) is 19.3 Å². The van der Waals surface area contributed by atoms with Crippen LogP contribution in [0, 0.1) is 6.92 Å². The van der Waals surface area contributed by atoms with Crippen LogP contribution in [0.4, 0.5) is 0 Å². The number of fused-ring (bicyclic) bond motifs is 1. The molecule has 1 aromatic carbocycles. The molecule has 1 aliphatic rings. The summed E-state index contributed by atoms with van der Waals surface area (Å²) >= 11 is 0. The maximum Gasteiger partial charge on any atom is 0.262 e. The van der Waals surface area contributed by atoms with Gasteiger partial charge in [0, 0.05) is 7.05 Å². The van der Waals surface area contributed by atoms with E-state index in [1.807, 2.05) is 6.92 Å². The fraction of sp³-hybridized carbons (Fsp3) is 0.250. The molecule has 2 rings (SSSR count). The molecule has 0 aromatic heterocycles. The van der Waals surface area contributed by atoms with E-state index in [9.17, 15) is 14.4 Å². The zero-order valence-corrected chi connectivity index (χ0v) is 9.61. The van der Waals surface area contributed by atoms with E-state index in [1.54, 1.807) is 18.2 Å². The van der Waals surface area contributed by atoms with Crippen LogP contribution in [0.5, 0.6) is 0 Å². The van der Waals surface area contributed by atoms with Gasteiger partial charge in [0.15, 0.2) is 0 Å². The van der Waals surface area contributed by atoms with Crippen molar-refractivity contribution >= 4 is 17.7 Å². The summed E-state index contributed by atoms with van der Waals surface area (Å²) in [5.41, 5.74) is 1.65. The van der Waals surface area contributed by atoms with Crippen LogP contribution in [-0.4, -0.2) is 36.2 Å². The molecule has 88 valence electrons. The van der Waals surface area contributed by atoms with Crippen molar-refractivity contribution in [3.8, 4) is 0 Å². The molecule has 3 amide bonds. The van der Waals surface area contributed by atoms with Crippen molar-refractivity contribution in [2.45, 2.75) is 6.92 Å². The highest BCUT2D eigenvalue weighted by molar-refractivity contribution is 6.22. The van der Waals surface area contributed by atoms with E-state index < -0.39 is 11.8 Å². The molecule has 0 saturated heterocycles. The van der Waals surface area contributed by atoms with Gasteiger partial charge >= 0.3 is 0 Å². The van der Waals surface area contributed by atoms with E-state index in [2.05, 4.69) is 5.32 Å². The molecule has 0 spiro atoms. The van der Waals surface area contributed by atoms with E-state index >= 15 is 0 Å². The van der Waals surface area contributed by atoms with E-state index in [0.29, 0.717) is 11.1 Å². The molecule has 5 heteroatoms. The van der Waals surface area contributed by atoms with Crippen molar-refractivity contribution in [1.29, 1.82) is 0 Å². The molecule has 0 saturated carbocycles. The third-order valence-corrected chi connectivity index (χ3v) is 2.71. The number of rotatable bonds is 2. The standard InChI is InChI=1S/C12H12N2O3/c1-7-3-4-8-9(5-7)12(17)14(11(8)16)6-10(15)13-2/h3-5H,6H2,1-2H3,(H,13,15). The molecule has 1 aliphatic heterocycles. The Bertz CT molecular complexity index is 522. The molecule has 17 heavy (non-hydrogen) atoms. The lowest BCUT2D eigenvalue weighted by atomic mass is 10.1. The van der Waals surface area contributed by atoms with Crippen LogP contribution >= 0.6 is 0 Å². The monoisotopic (exact) mass is 232 g/mol. The number of carbonyl (C=O) groups excluding carboxylic acids is 3. The molecule has 1 heterocycles. The Hall–Kier alpha value is -2.17. The molecular formula is C12H12N2O3. The van der Waals surface area contributed by atoms with Crippen LogP contribution in [0.3, 0.4) is 0 Å². The second kappa shape index (κ2) is 4.01. The number of hydrogen-bond acceptors (Lipinski definition) is 3. The van der Waals surface area contributed by atoms with Crippen LogP contribution in [0.1, 0.15) is 26.3 Å². The molecule has 1 aromatic rings. The highest BCUT2D eigenvalue weighted by Gasteiger charge is 2.36. The summed E-state index contributed by atoms with van der Waals surface area (Å²) in [5, 5.41) is 2.39. The Labute approximate surface area is 98.4 Å². The number of nitrogens with one attached hydrogen (secondary N) is 1. The lowest BCUT2D eigenvalue weighted by Gasteiger charge is -2.11. The average Bonchev–Trinajstić information content (AvgIpc) is 2.54. The third-order valence-electron chi connectivity index (χ3n) is 2.71. The number of hydrogen-bond donors (Lipinski definition) is 1. The fourth-order valence-corrected chi connectivity index (χ4v) is 1.77. The van der Waals surface area contributed by atoms with E-state index in [0.717, 1.165) is 10.5 Å². The van der Waals surface area contributed by atoms with Gasteiger partial charge in [-0.25, -0.2) is 0 Å². The molecule has 0 unspecified atom stereocenters. The predicted octanol–water partition coefficient (Wildman–Crippen LogP) is 0.337. The molecule has 0 fully saturated rings. The topological polar surface area (TPSA) is 66.5 Å². The second-order valence-corrected chi connectivity index (χ2v) is 3.92. The maximum absolute atomic E-state index is 11.9.